The Hall–Kier alpha value is -2.13. The van der Waals surface area contributed by atoms with Crippen molar-refractivity contribution in [2.75, 3.05) is 0 Å². The van der Waals surface area contributed by atoms with E-state index in [4.69, 9.17) is 4.98 Å². The lowest BCUT2D eigenvalue weighted by Crippen LogP contribution is -2.47. The largest absolute Gasteiger partial charge is 0.598 e. The van der Waals surface area contributed by atoms with Gasteiger partial charge in [0.15, 0.2) is 0 Å². The number of allylic oxidation sites excluding steroid dienone is 2. The highest BCUT2D eigenvalue weighted by atomic mass is 79.9. The Balaban J connectivity index is 1.78. The Bertz CT molecular complexity index is 1170. The number of hydrogen-bond acceptors (Lipinski definition) is 5. The number of hydrogen-bond donors (Lipinski definition) is 2. The van der Waals surface area contributed by atoms with Crippen LogP contribution in [0.15, 0.2) is 71.6 Å². The van der Waals surface area contributed by atoms with E-state index in [-0.39, 0.29) is 11.6 Å². The minimum Gasteiger partial charge on any atom is -0.598 e. The van der Waals surface area contributed by atoms with Crippen molar-refractivity contribution in [3.63, 3.8) is 0 Å². The Kier molecular flexibility index (Phi) is 6.49. The molecule has 0 spiro atoms. The maximum absolute atomic E-state index is 13.2. The second-order valence-corrected chi connectivity index (χ2v) is 12.0. The zero-order valence-corrected chi connectivity index (χ0v) is 21.1. The first kappa shape index (κ1) is 23.0. The molecule has 4 rings (SSSR count). The molecule has 1 aliphatic rings. The topological polar surface area (TPSA) is 77.8 Å². The molecule has 0 amide bonds. The van der Waals surface area contributed by atoms with Crippen LogP contribution in [0.1, 0.15) is 45.9 Å². The fourth-order valence-corrected chi connectivity index (χ4v) is 5.18. The molecule has 2 aromatic heterocycles. The second kappa shape index (κ2) is 9.02. The molecule has 0 saturated carbocycles. The summed E-state index contributed by atoms with van der Waals surface area (Å²) in [6.07, 6.45) is 10.4. The molecule has 6 nitrogen and oxygen atoms in total. The van der Waals surface area contributed by atoms with Crippen LogP contribution >= 0.6 is 15.9 Å². The van der Waals surface area contributed by atoms with E-state index in [1.54, 1.807) is 6.20 Å². The maximum atomic E-state index is 13.2. The van der Waals surface area contributed by atoms with Crippen LogP contribution in [-0.2, 0) is 11.4 Å². The smallest absolute Gasteiger partial charge is 0.136 e. The number of nitrogens with zero attached hydrogens (tertiary/aromatic N) is 3. The van der Waals surface area contributed by atoms with Gasteiger partial charge in [0.2, 0.25) is 0 Å². The normalized spacial score (nSPS) is 20.6. The molecule has 3 heterocycles. The van der Waals surface area contributed by atoms with Gasteiger partial charge in [-0.05, 0) is 74.3 Å². The highest BCUT2D eigenvalue weighted by molar-refractivity contribution is 9.11. The number of rotatable bonds is 6. The van der Waals surface area contributed by atoms with E-state index in [2.05, 4.69) is 44.1 Å². The van der Waals surface area contributed by atoms with Gasteiger partial charge in [-0.1, -0.05) is 30.4 Å². The van der Waals surface area contributed by atoms with Gasteiger partial charge in [0, 0.05) is 22.9 Å². The molecule has 1 aliphatic heterocycles. The van der Waals surface area contributed by atoms with Gasteiger partial charge in [0.1, 0.15) is 4.75 Å². The lowest BCUT2D eigenvalue weighted by molar-refractivity contribution is 0.389. The Labute approximate surface area is 200 Å². The Morgan fingerprint density at radius 3 is 2.78 bits per heavy atom. The monoisotopic (exact) mass is 513 g/mol. The molecular weight excluding hydrogens is 486 g/mol. The van der Waals surface area contributed by atoms with Gasteiger partial charge in [0.05, 0.1) is 39.3 Å². The molecule has 1 aromatic carbocycles. The van der Waals surface area contributed by atoms with Crippen molar-refractivity contribution in [2.24, 2.45) is 0 Å². The van der Waals surface area contributed by atoms with E-state index in [9.17, 15) is 4.55 Å². The maximum Gasteiger partial charge on any atom is 0.136 e. The fraction of sp³-hybridized carbons (Fsp3) is 0.333. The molecule has 8 heteroatoms. The van der Waals surface area contributed by atoms with Crippen LogP contribution in [0.3, 0.4) is 0 Å². The van der Waals surface area contributed by atoms with Gasteiger partial charge in [-0.15, -0.1) is 4.72 Å². The highest BCUT2D eigenvalue weighted by Gasteiger charge is 2.36. The molecule has 0 radical (unpaired) electrons. The lowest BCUT2D eigenvalue weighted by Gasteiger charge is -2.36. The van der Waals surface area contributed by atoms with Gasteiger partial charge in [0.25, 0.3) is 0 Å². The predicted molar refractivity (Wildman–Crippen MR) is 135 cm³/mol. The molecule has 3 unspecified atom stereocenters. The SMILES string of the molecule is CC1(CC(N[S+]([O-])C(C)(C)C)c2ncccc2-n2ncc3ccccc32)C=CC=C(Br)N1. The number of dihydropyridines is 1. The first-order valence-electron chi connectivity index (χ1n) is 10.6. The van der Waals surface area contributed by atoms with Gasteiger partial charge >= 0.3 is 0 Å². The van der Waals surface area contributed by atoms with Crippen molar-refractivity contribution >= 4 is 38.2 Å². The quantitative estimate of drug-likeness (QED) is 0.355. The van der Waals surface area contributed by atoms with Crippen molar-refractivity contribution in [2.45, 2.75) is 50.4 Å². The number of halogens is 1. The van der Waals surface area contributed by atoms with Crippen LogP contribution in [0.5, 0.6) is 0 Å². The summed E-state index contributed by atoms with van der Waals surface area (Å²) in [5.74, 6) is 0. The minimum atomic E-state index is -1.28. The predicted octanol–water partition coefficient (Wildman–Crippen LogP) is 5.06. The number of para-hydroxylation sites is 1. The summed E-state index contributed by atoms with van der Waals surface area (Å²) in [7, 11) is 0. The number of fused-ring (bicyclic) bond motifs is 1. The molecule has 0 bridgehead atoms. The third-order valence-electron chi connectivity index (χ3n) is 5.40. The molecule has 0 saturated heterocycles. The zero-order chi connectivity index (χ0) is 22.9. The summed E-state index contributed by atoms with van der Waals surface area (Å²) in [4.78, 5) is 4.76. The molecule has 32 heavy (non-hydrogen) atoms. The summed E-state index contributed by atoms with van der Waals surface area (Å²) in [5.41, 5.74) is 2.33. The van der Waals surface area contributed by atoms with Gasteiger partial charge in [-0.3, -0.25) is 4.98 Å². The van der Waals surface area contributed by atoms with E-state index < -0.39 is 16.1 Å². The van der Waals surface area contributed by atoms with E-state index in [0.717, 1.165) is 26.9 Å². The van der Waals surface area contributed by atoms with Crippen molar-refractivity contribution in [1.29, 1.82) is 0 Å². The number of nitrogens with one attached hydrogen (secondary N) is 2. The zero-order valence-electron chi connectivity index (χ0n) is 18.7. The Morgan fingerprint density at radius 1 is 1.25 bits per heavy atom. The molecular formula is C24H28BrN5OS. The van der Waals surface area contributed by atoms with Crippen molar-refractivity contribution in [3.05, 3.63) is 77.3 Å². The Morgan fingerprint density at radius 2 is 2.03 bits per heavy atom. The van der Waals surface area contributed by atoms with Gasteiger partial charge in [-0.25, -0.2) is 4.68 Å². The van der Waals surface area contributed by atoms with E-state index in [0.29, 0.717) is 6.42 Å². The van der Waals surface area contributed by atoms with E-state index in [1.807, 2.05) is 80.2 Å². The average Bonchev–Trinajstić information content (AvgIpc) is 3.16. The third-order valence-corrected chi connectivity index (χ3v) is 7.47. The van der Waals surface area contributed by atoms with Gasteiger partial charge in [-0.2, -0.15) is 5.10 Å². The summed E-state index contributed by atoms with van der Waals surface area (Å²) in [6.45, 7) is 8.02. The molecule has 0 aliphatic carbocycles. The summed E-state index contributed by atoms with van der Waals surface area (Å²) < 4.78 is 18.9. The third kappa shape index (κ3) is 4.93. The lowest BCUT2D eigenvalue weighted by atomic mass is 9.89. The van der Waals surface area contributed by atoms with Crippen molar-refractivity contribution in [1.82, 2.24) is 24.8 Å². The average molecular weight is 514 g/mol. The molecule has 168 valence electrons. The van der Waals surface area contributed by atoms with E-state index >= 15 is 0 Å². The fourth-order valence-electron chi connectivity index (χ4n) is 3.76. The second-order valence-electron chi connectivity index (χ2n) is 9.19. The summed E-state index contributed by atoms with van der Waals surface area (Å²) >= 11 is 2.28. The summed E-state index contributed by atoms with van der Waals surface area (Å²) in [6, 6.07) is 11.7. The first-order chi connectivity index (χ1) is 15.2. The molecule has 2 N–H and O–H groups in total. The van der Waals surface area contributed by atoms with Crippen molar-refractivity contribution in [3.8, 4) is 5.69 Å². The van der Waals surface area contributed by atoms with Crippen LogP contribution in [-0.4, -0.2) is 29.6 Å². The van der Waals surface area contributed by atoms with Crippen LogP contribution < -0.4 is 10.0 Å². The summed E-state index contributed by atoms with van der Waals surface area (Å²) in [5, 5.41) is 9.19. The van der Waals surface area contributed by atoms with Crippen LogP contribution in [0.4, 0.5) is 0 Å². The highest BCUT2D eigenvalue weighted by Crippen LogP contribution is 2.33. The number of aromatic nitrogens is 3. The first-order valence-corrected chi connectivity index (χ1v) is 12.5. The van der Waals surface area contributed by atoms with Crippen LogP contribution in [0, 0.1) is 0 Å². The number of benzene rings is 1. The van der Waals surface area contributed by atoms with Crippen molar-refractivity contribution < 1.29 is 4.55 Å². The standard InChI is InChI=1S/C24H28BrN5OS/c1-23(2,3)32(31)29-18(15-24(4)13-7-12-21(25)28-24)22-20(11-8-14-26-22)30-19-10-6-5-9-17(19)16-27-30/h5-14,16,18,28-29H,15H2,1-4H3. The minimum absolute atomic E-state index is 0.283. The molecule has 3 atom stereocenters. The van der Waals surface area contributed by atoms with Crippen LogP contribution in [0.25, 0.3) is 16.6 Å². The number of pyridine rings is 1. The van der Waals surface area contributed by atoms with Gasteiger partial charge < -0.3 is 9.87 Å². The van der Waals surface area contributed by atoms with E-state index in [1.165, 1.54) is 0 Å². The molecule has 0 fully saturated rings. The van der Waals surface area contributed by atoms with Crippen LogP contribution in [0.2, 0.25) is 0 Å². The molecule has 3 aromatic rings.